The van der Waals surface area contributed by atoms with E-state index >= 15 is 0 Å². The Labute approximate surface area is 99.5 Å². The molecule has 0 aromatic carbocycles. The van der Waals surface area contributed by atoms with Crippen LogP contribution in [-0.2, 0) is 4.74 Å². The first-order valence-corrected chi connectivity index (χ1v) is 6.57. The smallest absolute Gasteiger partial charge is 0.0608 e. The minimum absolute atomic E-state index is 0.0981. The maximum atomic E-state index is 5.98. The Morgan fingerprint density at radius 2 is 1.75 bits per heavy atom. The minimum atomic E-state index is 0.0981. The second-order valence-electron chi connectivity index (χ2n) is 4.70. The molecule has 0 unspecified atom stereocenters. The van der Waals surface area contributed by atoms with Crippen LogP contribution in [0.2, 0.25) is 0 Å². The maximum Gasteiger partial charge on any atom is 0.0608 e. The summed E-state index contributed by atoms with van der Waals surface area (Å²) in [5, 5.41) is 2.28. The molecule has 0 aliphatic carbocycles. The molecular formula is C12H27N3O. The summed E-state index contributed by atoms with van der Waals surface area (Å²) >= 11 is 0. The normalized spacial score (nSPS) is 18.9. The lowest BCUT2D eigenvalue weighted by molar-refractivity contribution is -0.0151. The van der Waals surface area contributed by atoms with Gasteiger partial charge < -0.3 is 10.5 Å². The molecule has 16 heavy (non-hydrogen) atoms. The molecule has 1 aliphatic heterocycles. The van der Waals surface area contributed by atoms with Gasteiger partial charge in [-0.2, -0.15) is 0 Å². The van der Waals surface area contributed by atoms with Crippen molar-refractivity contribution in [1.29, 1.82) is 0 Å². The summed E-state index contributed by atoms with van der Waals surface area (Å²) in [6.07, 6.45) is 4.65. The van der Waals surface area contributed by atoms with Gasteiger partial charge >= 0.3 is 0 Å². The number of hydrogen-bond donors (Lipinski definition) is 2. The van der Waals surface area contributed by atoms with E-state index in [1.54, 1.807) is 0 Å². The molecule has 1 heterocycles. The molecule has 0 aromatic rings. The largest absolute Gasteiger partial charge is 0.379 e. The topological polar surface area (TPSA) is 50.5 Å². The highest BCUT2D eigenvalue weighted by atomic mass is 16.5. The molecule has 0 spiro atoms. The van der Waals surface area contributed by atoms with E-state index in [2.05, 4.69) is 24.3 Å². The number of hydrogen-bond acceptors (Lipinski definition) is 4. The van der Waals surface area contributed by atoms with E-state index in [0.29, 0.717) is 6.54 Å². The number of nitrogens with one attached hydrogen (secondary N) is 1. The lowest BCUT2D eigenvalue weighted by atomic mass is 9.89. The van der Waals surface area contributed by atoms with Crippen molar-refractivity contribution >= 4 is 0 Å². The van der Waals surface area contributed by atoms with Gasteiger partial charge in [-0.05, 0) is 12.8 Å². The van der Waals surface area contributed by atoms with Gasteiger partial charge in [-0.3, -0.25) is 0 Å². The lowest BCUT2D eigenvalue weighted by Crippen LogP contribution is -2.60. The number of rotatable bonds is 7. The molecule has 0 aromatic heterocycles. The zero-order chi connectivity index (χ0) is 11.9. The fraction of sp³-hybridized carbons (Fsp3) is 1.00. The van der Waals surface area contributed by atoms with E-state index in [1.165, 1.54) is 12.8 Å². The molecule has 1 saturated heterocycles. The quantitative estimate of drug-likeness (QED) is 0.687. The van der Waals surface area contributed by atoms with Gasteiger partial charge in [-0.15, -0.1) is 0 Å². The summed E-state index contributed by atoms with van der Waals surface area (Å²) in [5.74, 6) is 0. The Morgan fingerprint density at radius 3 is 2.19 bits per heavy atom. The number of nitrogens with two attached hydrogens (primary N) is 1. The molecule has 1 rings (SSSR count). The van der Waals surface area contributed by atoms with Crippen LogP contribution >= 0.6 is 0 Å². The second kappa shape index (κ2) is 7.22. The van der Waals surface area contributed by atoms with E-state index in [-0.39, 0.29) is 5.54 Å². The first kappa shape index (κ1) is 13.9. The number of nitrogens with zero attached hydrogens (tertiary/aromatic N) is 1. The molecule has 4 nitrogen and oxygen atoms in total. The van der Waals surface area contributed by atoms with Gasteiger partial charge in [-0.1, -0.05) is 26.7 Å². The molecule has 1 fully saturated rings. The van der Waals surface area contributed by atoms with Crippen LogP contribution < -0.4 is 11.2 Å². The summed E-state index contributed by atoms with van der Waals surface area (Å²) in [6, 6.07) is 0. The van der Waals surface area contributed by atoms with Crippen molar-refractivity contribution in [1.82, 2.24) is 10.4 Å². The van der Waals surface area contributed by atoms with Crippen LogP contribution in [0.15, 0.2) is 0 Å². The van der Waals surface area contributed by atoms with Gasteiger partial charge in [0.1, 0.15) is 0 Å². The van der Waals surface area contributed by atoms with E-state index in [1.807, 2.05) is 0 Å². The molecule has 1 aliphatic rings. The van der Waals surface area contributed by atoms with E-state index in [4.69, 9.17) is 10.5 Å². The van der Waals surface area contributed by atoms with Crippen molar-refractivity contribution in [2.75, 3.05) is 32.8 Å². The monoisotopic (exact) mass is 229 g/mol. The number of morpholine rings is 1. The average Bonchev–Trinajstić information content (AvgIpc) is 2.31. The van der Waals surface area contributed by atoms with E-state index in [9.17, 15) is 0 Å². The summed E-state index contributed by atoms with van der Waals surface area (Å²) in [5.41, 5.74) is 9.72. The fourth-order valence-corrected chi connectivity index (χ4v) is 2.45. The molecule has 0 bridgehead atoms. The highest BCUT2D eigenvalue weighted by molar-refractivity contribution is 4.87. The minimum Gasteiger partial charge on any atom is -0.379 e. The molecule has 0 amide bonds. The third-order valence-corrected chi connectivity index (χ3v) is 3.25. The molecule has 4 heteroatoms. The summed E-state index contributed by atoms with van der Waals surface area (Å²) in [6.45, 7) is 8.75. The highest BCUT2D eigenvalue weighted by Crippen LogP contribution is 2.19. The third-order valence-electron chi connectivity index (χ3n) is 3.25. The van der Waals surface area contributed by atoms with E-state index in [0.717, 1.165) is 39.1 Å². The SMILES string of the molecule is CCCC(CN)(CCC)NN1CCOCC1. The van der Waals surface area contributed by atoms with Crippen LogP contribution in [0.25, 0.3) is 0 Å². The number of ether oxygens (including phenoxy) is 1. The second-order valence-corrected chi connectivity index (χ2v) is 4.70. The van der Waals surface area contributed by atoms with Crippen molar-refractivity contribution in [2.45, 2.75) is 45.1 Å². The summed E-state index contributed by atoms with van der Waals surface area (Å²) < 4.78 is 5.35. The Balaban J connectivity index is 2.52. The number of hydrazine groups is 1. The molecule has 0 radical (unpaired) electrons. The standard InChI is InChI=1S/C12H27N3O/c1-3-5-12(11-13,6-4-2)14-15-7-9-16-10-8-15/h14H,3-11,13H2,1-2H3. The Bertz CT molecular complexity index is 175. The zero-order valence-corrected chi connectivity index (χ0v) is 10.8. The van der Waals surface area contributed by atoms with Gasteiger partial charge in [0.25, 0.3) is 0 Å². The van der Waals surface area contributed by atoms with E-state index < -0.39 is 0 Å². The van der Waals surface area contributed by atoms with Crippen molar-refractivity contribution in [3.63, 3.8) is 0 Å². The molecular weight excluding hydrogens is 202 g/mol. The molecule has 96 valence electrons. The van der Waals surface area contributed by atoms with Crippen molar-refractivity contribution in [3.05, 3.63) is 0 Å². The first-order chi connectivity index (χ1) is 7.76. The van der Waals surface area contributed by atoms with Gasteiger partial charge in [0, 0.05) is 25.2 Å². The molecule has 0 saturated carbocycles. The van der Waals surface area contributed by atoms with Crippen LogP contribution in [0.1, 0.15) is 39.5 Å². The van der Waals surface area contributed by atoms with Gasteiger partial charge in [0.15, 0.2) is 0 Å². The zero-order valence-electron chi connectivity index (χ0n) is 10.8. The maximum absolute atomic E-state index is 5.98. The van der Waals surface area contributed by atoms with Crippen LogP contribution in [-0.4, -0.2) is 43.4 Å². The Kier molecular flexibility index (Phi) is 6.28. The van der Waals surface area contributed by atoms with Crippen LogP contribution in [0, 0.1) is 0 Å². The molecule has 3 N–H and O–H groups in total. The van der Waals surface area contributed by atoms with Crippen LogP contribution in [0.5, 0.6) is 0 Å². The predicted molar refractivity (Wildman–Crippen MR) is 67.1 cm³/mol. The van der Waals surface area contributed by atoms with Gasteiger partial charge in [-0.25, -0.2) is 10.4 Å². The van der Waals surface area contributed by atoms with Gasteiger partial charge in [0.05, 0.1) is 13.2 Å². The fourth-order valence-electron chi connectivity index (χ4n) is 2.45. The summed E-state index contributed by atoms with van der Waals surface area (Å²) in [4.78, 5) is 0. The summed E-state index contributed by atoms with van der Waals surface area (Å²) in [7, 11) is 0. The van der Waals surface area contributed by atoms with Crippen molar-refractivity contribution < 1.29 is 4.74 Å². The molecule has 0 atom stereocenters. The van der Waals surface area contributed by atoms with Gasteiger partial charge in [0.2, 0.25) is 0 Å². The van der Waals surface area contributed by atoms with Crippen LogP contribution in [0.4, 0.5) is 0 Å². The van der Waals surface area contributed by atoms with Crippen molar-refractivity contribution in [3.8, 4) is 0 Å². The van der Waals surface area contributed by atoms with Crippen molar-refractivity contribution in [2.24, 2.45) is 5.73 Å². The predicted octanol–water partition coefficient (Wildman–Crippen LogP) is 1.12. The Hall–Kier alpha value is -0.160. The van der Waals surface area contributed by atoms with Crippen LogP contribution in [0.3, 0.4) is 0 Å². The first-order valence-electron chi connectivity index (χ1n) is 6.57. The highest BCUT2D eigenvalue weighted by Gasteiger charge is 2.29. The average molecular weight is 229 g/mol. The Morgan fingerprint density at radius 1 is 1.19 bits per heavy atom. The lowest BCUT2D eigenvalue weighted by Gasteiger charge is -2.40. The third kappa shape index (κ3) is 4.01.